The van der Waals surface area contributed by atoms with Crippen molar-refractivity contribution in [3.63, 3.8) is 0 Å². The summed E-state index contributed by atoms with van der Waals surface area (Å²) in [6.07, 6.45) is -6.07. The second kappa shape index (κ2) is 22.3. The molecule has 6 aliphatic carbocycles. The third kappa shape index (κ3) is 8.32. The molecule has 0 spiro atoms. The van der Waals surface area contributed by atoms with Crippen LogP contribution in [-0.4, -0.2) is 88.0 Å². The largest absolute Gasteiger partial charge is 0.467 e. The molecule has 8 atom stereocenters. The number of ether oxygens (including phenoxy) is 12. The minimum absolute atomic E-state index is 0.100. The Labute approximate surface area is 500 Å². The molecule has 2 fully saturated rings. The van der Waals surface area contributed by atoms with Gasteiger partial charge in [-0.1, -0.05) is 49.2 Å². The molecule has 88 heavy (non-hydrogen) atoms. The van der Waals surface area contributed by atoms with E-state index in [-0.39, 0.29) is 95.7 Å². The van der Waals surface area contributed by atoms with Gasteiger partial charge in [-0.15, -0.1) is 0 Å². The van der Waals surface area contributed by atoms with E-state index in [1.807, 2.05) is 65.8 Å². The molecular formula is C66H62N4O18. The van der Waals surface area contributed by atoms with Crippen molar-refractivity contribution in [1.82, 2.24) is 0 Å². The van der Waals surface area contributed by atoms with Crippen molar-refractivity contribution in [2.75, 3.05) is 55.6 Å². The third-order valence-electron chi connectivity index (χ3n) is 18.2. The van der Waals surface area contributed by atoms with Gasteiger partial charge in [-0.3, -0.25) is 28.8 Å². The summed E-state index contributed by atoms with van der Waals surface area (Å²) in [6, 6.07) is 13.3. The Bertz CT molecular complexity index is 4510. The Hall–Kier alpha value is -8.50. The number of carbonyl (C=O) groups excluding carboxylic acids is 2. The number of Topliss-reactive ketones (excluding diaryl/α,β-unsaturated/α-hetero) is 2. The summed E-state index contributed by atoms with van der Waals surface area (Å²) in [7, 11) is 5.45. The van der Waals surface area contributed by atoms with Crippen molar-refractivity contribution in [3.05, 3.63) is 199 Å². The summed E-state index contributed by atoms with van der Waals surface area (Å²) in [5, 5.41) is -4.08. The second-order valence-corrected chi connectivity index (χ2v) is 23.0. The summed E-state index contributed by atoms with van der Waals surface area (Å²) >= 11 is 0. The summed E-state index contributed by atoms with van der Waals surface area (Å²) in [5.41, 5.74) is 19.9. The van der Waals surface area contributed by atoms with Gasteiger partial charge < -0.3 is 67.9 Å². The summed E-state index contributed by atoms with van der Waals surface area (Å²) in [5.74, 6) is -5.99. The smallest absolute Gasteiger partial charge is 0.333 e. The monoisotopic (exact) mass is 1200 g/mol. The highest BCUT2D eigenvalue weighted by Gasteiger charge is 2.73. The number of ketones is 2. The molecule has 8 aliphatic rings. The molecule has 4 aromatic carbocycles. The molecule has 0 unspecified atom stereocenters. The summed E-state index contributed by atoms with van der Waals surface area (Å²) in [6.45, 7) is 13.3. The first-order valence-corrected chi connectivity index (χ1v) is 28.6. The van der Waals surface area contributed by atoms with E-state index in [4.69, 9.17) is 56.8 Å². The maximum atomic E-state index is 17.3. The first-order valence-electron chi connectivity index (χ1n) is 28.6. The van der Waals surface area contributed by atoms with Gasteiger partial charge in [-0.2, -0.15) is 9.58 Å². The van der Waals surface area contributed by atoms with E-state index < -0.39 is 124 Å². The van der Waals surface area contributed by atoms with E-state index in [0.29, 0.717) is 11.1 Å². The number of rotatable bonds is 17. The van der Waals surface area contributed by atoms with Crippen molar-refractivity contribution in [3.8, 4) is 23.0 Å². The molecule has 2 aliphatic heterocycles. The summed E-state index contributed by atoms with van der Waals surface area (Å²) in [4.78, 5) is 105. The number of nitrogens with zero attached hydrogens (tertiary/aromatic N) is 4. The third-order valence-corrected chi connectivity index (χ3v) is 18.2. The zero-order valence-corrected chi connectivity index (χ0v) is 50.5. The van der Waals surface area contributed by atoms with Crippen LogP contribution >= 0.6 is 0 Å². The fourth-order valence-corrected chi connectivity index (χ4v) is 15.0. The number of methoxy groups -OCH3 is 4. The Balaban J connectivity index is 1.25. The molecule has 0 radical (unpaired) electrons. The first kappa shape index (κ1) is 59.8. The fourth-order valence-electron chi connectivity index (χ4n) is 15.0. The SMILES string of the molecule is CC[C@@]12O[C@@H](c3c(C)cc(C)cc3C)O[C@@H]1c1c(c3c(=O)c4c(OCOC)ccc(OCOC)c4c(=O)c=3c1=[N+]=[N-])C(=O)[C@@H]2[C@H]1C(=O)c2c(c(=[N+]=[N-])c3c(=O)c4c(OCOC)ccc(OCOC)c4c(=O)c2=3)[C@H]2O[C@H](c3c(C)cc(C)cc3C)O[C@]21CC. The van der Waals surface area contributed by atoms with Gasteiger partial charge in [0.15, 0.2) is 62.2 Å². The standard InChI is InChI=1S/C66H62N4O18/c1-13-65-51(59(75)45-43-47(57(73)41-35(83-25-79-11)17-15-33(81-23-77-9)39(41)55(43)71)53(69-67)49(45)61(65)85-63(87-65)37-29(5)19-27(3)20-30(37)6)52-60(76)46-44-48(58(74)42-36(84-26-80-12)18-16-34(82-24-78-10)40(42)56(44)72)54(70-68)50(46)62-66(52,14-2)88-64(86-62)38-31(7)21-28(4)22-32(38)8/h15-22,51-52,61-64H,13-14,23-26H2,1-12H3/t51-,52-,61+,62+,63-,64-,65-,66-/m0/s1. The van der Waals surface area contributed by atoms with Crippen molar-refractivity contribution < 1.29 is 76.0 Å². The highest BCUT2D eigenvalue weighted by atomic mass is 16.8. The fraction of sp³-hybridized carbons (Fsp3) is 0.394. The van der Waals surface area contributed by atoms with Crippen molar-refractivity contribution >= 4 is 33.1 Å². The molecule has 0 N–H and O–H groups in total. The molecule has 2 heterocycles. The van der Waals surface area contributed by atoms with Crippen LogP contribution in [0.15, 0.2) is 67.7 Å². The molecule has 4 aromatic rings. The van der Waals surface area contributed by atoms with Crippen LogP contribution in [-0.2, 0) is 37.9 Å². The minimum atomic E-state index is -2.03. The van der Waals surface area contributed by atoms with Crippen LogP contribution in [0, 0.1) is 74.3 Å². The zero-order chi connectivity index (χ0) is 62.7. The minimum Gasteiger partial charge on any atom is -0.467 e. The number of carbonyl (C=O) groups is 2. The molecule has 0 aromatic heterocycles. The molecule has 0 bridgehead atoms. The molecule has 0 saturated carbocycles. The van der Waals surface area contributed by atoms with Gasteiger partial charge >= 0.3 is 10.7 Å². The van der Waals surface area contributed by atoms with Gasteiger partial charge in [0.25, 0.3) is 0 Å². The van der Waals surface area contributed by atoms with Crippen LogP contribution < -0.4 is 51.4 Å². The van der Waals surface area contributed by atoms with E-state index in [2.05, 4.69) is 9.58 Å². The highest BCUT2D eigenvalue weighted by molar-refractivity contribution is 6.10. The molecule has 0 amide bonds. The van der Waals surface area contributed by atoms with Crippen LogP contribution in [0.4, 0.5) is 0 Å². The van der Waals surface area contributed by atoms with Crippen molar-refractivity contribution in [2.45, 2.75) is 104 Å². The Kier molecular flexibility index (Phi) is 15.1. The number of benzene rings is 4. The lowest BCUT2D eigenvalue weighted by Gasteiger charge is -2.51. The molecule has 22 nitrogen and oxygen atoms in total. The first-order chi connectivity index (χ1) is 42.3. The normalized spacial score (nSPS) is 22.9. The quantitative estimate of drug-likeness (QED) is 0.0510. The molecular weight excluding hydrogens is 1140 g/mol. The molecule has 454 valence electrons. The van der Waals surface area contributed by atoms with Gasteiger partial charge in [0.1, 0.15) is 56.8 Å². The van der Waals surface area contributed by atoms with Crippen LogP contribution in [0.3, 0.4) is 0 Å². The predicted molar refractivity (Wildman–Crippen MR) is 310 cm³/mol. The highest BCUT2D eigenvalue weighted by Crippen LogP contribution is 2.65. The van der Waals surface area contributed by atoms with Crippen molar-refractivity contribution in [1.29, 1.82) is 0 Å². The summed E-state index contributed by atoms with van der Waals surface area (Å²) < 4.78 is 73.8. The van der Waals surface area contributed by atoms with Crippen LogP contribution in [0.25, 0.3) is 32.6 Å². The van der Waals surface area contributed by atoms with Crippen LogP contribution in [0.2, 0.25) is 0 Å². The average molecular weight is 1200 g/mol. The van der Waals surface area contributed by atoms with Crippen LogP contribution in [0.1, 0.15) is 128 Å². The van der Waals surface area contributed by atoms with Gasteiger partial charge in [0.05, 0.1) is 54.9 Å². The number of fused-ring (bicyclic) bond motifs is 10. The van der Waals surface area contributed by atoms with Gasteiger partial charge in [0, 0.05) is 50.7 Å². The number of hydrogen-bond donors (Lipinski definition) is 0. The van der Waals surface area contributed by atoms with Crippen LogP contribution in [0.5, 0.6) is 23.0 Å². The lowest BCUT2D eigenvalue weighted by atomic mass is 9.55. The lowest BCUT2D eigenvalue weighted by molar-refractivity contribution is -0.151. The van der Waals surface area contributed by atoms with Gasteiger partial charge in [-0.05, 0) is 101 Å². The van der Waals surface area contributed by atoms with Gasteiger partial charge in [-0.25, -0.2) is 0 Å². The van der Waals surface area contributed by atoms with Crippen molar-refractivity contribution in [2.24, 2.45) is 11.8 Å². The van der Waals surface area contributed by atoms with E-state index in [0.717, 1.165) is 33.4 Å². The topological polar surface area (TPSA) is 286 Å². The van der Waals surface area contributed by atoms with E-state index in [9.17, 15) is 11.1 Å². The lowest BCUT2D eigenvalue weighted by Crippen LogP contribution is -2.63. The Morgan fingerprint density at radius 2 is 0.727 bits per heavy atom. The average Bonchev–Trinajstić information content (AvgIpc) is 1.48. The van der Waals surface area contributed by atoms with E-state index in [1.54, 1.807) is 13.8 Å². The Morgan fingerprint density at radius 1 is 0.443 bits per heavy atom. The maximum Gasteiger partial charge on any atom is 0.333 e. The molecule has 2 saturated heterocycles. The number of hydrogen-bond acceptors (Lipinski definition) is 18. The number of aryl methyl sites for hydroxylation is 6. The van der Waals surface area contributed by atoms with E-state index >= 15 is 28.8 Å². The Morgan fingerprint density at radius 3 is 0.989 bits per heavy atom. The molecule has 22 heteroatoms. The van der Waals surface area contributed by atoms with Gasteiger partial charge in [0.2, 0.25) is 10.9 Å². The maximum absolute atomic E-state index is 17.3. The van der Waals surface area contributed by atoms with E-state index in [1.165, 1.54) is 52.7 Å². The molecule has 12 rings (SSSR count). The zero-order valence-electron chi connectivity index (χ0n) is 50.5. The second-order valence-electron chi connectivity index (χ2n) is 23.0. The predicted octanol–water partition coefficient (Wildman–Crippen LogP) is 6.87.